The van der Waals surface area contributed by atoms with Crippen molar-refractivity contribution in [3.05, 3.63) is 51.0 Å². The van der Waals surface area contributed by atoms with Crippen molar-refractivity contribution in [1.29, 1.82) is 0 Å². The van der Waals surface area contributed by atoms with E-state index in [2.05, 4.69) is 0 Å². The van der Waals surface area contributed by atoms with E-state index in [1.807, 2.05) is 0 Å². The minimum absolute atomic E-state index is 0.0507. The molecule has 4 rings (SSSR count). The Morgan fingerprint density at radius 3 is 2.75 bits per heavy atom. The zero-order chi connectivity index (χ0) is 20.1. The van der Waals surface area contributed by atoms with E-state index in [4.69, 9.17) is 39.8 Å². The third kappa shape index (κ3) is 3.89. The number of furan rings is 1. The molecule has 0 aliphatic carbocycles. The Morgan fingerprint density at radius 1 is 1.25 bits per heavy atom. The number of amides is 1. The summed E-state index contributed by atoms with van der Waals surface area (Å²) in [7, 11) is -3.12. The summed E-state index contributed by atoms with van der Waals surface area (Å²) in [4.78, 5) is 14.6. The summed E-state index contributed by atoms with van der Waals surface area (Å²) in [5, 5.41) is 1.03. The molecular formula is C18H13Cl2NO4S3. The number of hydrogen-bond acceptors (Lipinski definition) is 6. The van der Waals surface area contributed by atoms with Gasteiger partial charge in [0.25, 0.3) is 5.91 Å². The molecule has 1 atom stereocenters. The topological polar surface area (TPSA) is 67.6 Å². The standard InChI is InChI=1S/C18H13Cl2NO4S3/c19-10-1-3-14(20)13(7-10)15-4-2-12(25-15)8-16-17(22)21(18(26)27-16)11-5-6-28(23,24)9-11/h1-4,7-8,11H,5-6,9H2/b16-8+/t11-/m0/s1. The Kier molecular flexibility index (Phi) is 5.35. The number of thioether (sulfide) groups is 1. The lowest BCUT2D eigenvalue weighted by Gasteiger charge is -2.20. The minimum atomic E-state index is -3.12. The molecule has 0 radical (unpaired) electrons. The lowest BCUT2D eigenvalue weighted by atomic mass is 10.2. The van der Waals surface area contributed by atoms with Crippen molar-refractivity contribution in [2.24, 2.45) is 0 Å². The van der Waals surface area contributed by atoms with E-state index in [1.165, 1.54) is 4.90 Å². The number of halogens is 2. The highest BCUT2D eigenvalue weighted by Gasteiger charge is 2.42. The van der Waals surface area contributed by atoms with Gasteiger partial charge in [-0.25, -0.2) is 8.42 Å². The van der Waals surface area contributed by atoms with Gasteiger partial charge in [0.2, 0.25) is 0 Å². The summed E-state index contributed by atoms with van der Waals surface area (Å²) < 4.78 is 29.6. The molecule has 2 saturated heterocycles. The molecule has 3 heterocycles. The third-order valence-electron chi connectivity index (χ3n) is 4.49. The molecule has 10 heteroatoms. The van der Waals surface area contributed by atoms with Crippen molar-refractivity contribution in [2.45, 2.75) is 12.5 Å². The second-order valence-corrected chi connectivity index (χ2v) is 11.2. The van der Waals surface area contributed by atoms with Crippen LogP contribution in [0.5, 0.6) is 0 Å². The van der Waals surface area contributed by atoms with Crippen LogP contribution in [0.2, 0.25) is 10.0 Å². The van der Waals surface area contributed by atoms with Crippen LogP contribution >= 0.6 is 47.2 Å². The first kappa shape index (κ1) is 20.0. The molecule has 2 fully saturated rings. The van der Waals surface area contributed by atoms with Gasteiger partial charge in [0.1, 0.15) is 15.8 Å². The van der Waals surface area contributed by atoms with Gasteiger partial charge in [0, 0.05) is 16.7 Å². The number of thiocarbonyl (C=S) groups is 1. The maximum Gasteiger partial charge on any atom is 0.266 e. The molecule has 0 saturated carbocycles. The van der Waals surface area contributed by atoms with E-state index < -0.39 is 15.9 Å². The Hall–Kier alpha value is -1.32. The maximum atomic E-state index is 12.8. The average molecular weight is 474 g/mol. The van der Waals surface area contributed by atoms with Crippen LogP contribution in [0.25, 0.3) is 17.4 Å². The van der Waals surface area contributed by atoms with Gasteiger partial charge in [-0.3, -0.25) is 9.69 Å². The second-order valence-electron chi connectivity index (χ2n) is 6.43. The first-order valence-electron chi connectivity index (χ1n) is 8.26. The molecule has 1 aromatic heterocycles. The zero-order valence-corrected chi connectivity index (χ0v) is 18.2. The monoisotopic (exact) mass is 473 g/mol. The summed E-state index contributed by atoms with van der Waals surface area (Å²) >= 11 is 18.7. The smallest absolute Gasteiger partial charge is 0.266 e. The normalized spacial score (nSPS) is 23.1. The summed E-state index contributed by atoms with van der Waals surface area (Å²) in [6.45, 7) is 0. The predicted octanol–water partition coefficient (Wildman–Crippen LogP) is 4.64. The number of carbonyl (C=O) groups is 1. The molecule has 0 unspecified atom stereocenters. The van der Waals surface area contributed by atoms with Crippen LogP contribution in [-0.4, -0.2) is 41.1 Å². The van der Waals surface area contributed by atoms with Crippen molar-refractivity contribution in [3.8, 4) is 11.3 Å². The molecule has 0 bridgehead atoms. The molecule has 5 nitrogen and oxygen atoms in total. The first-order valence-corrected chi connectivity index (χ1v) is 12.1. The van der Waals surface area contributed by atoms with Gasteiger partial charge in [-0.15, -0.1) is 0 Å². The Morgan fingerprint density at radius 2 is 2.04 bits per heavy atom. The SMILES string of the molecule is O=C1/C(=C\c2ccc(-c3cc(Cl)ccc3Cl)o2)SC(=S)N1[C@H]1CCS(=O)(=O)C1. The summed E-state index contributed by atoms with van der Waals surface area (Å²) in [5.74, 6) is 0.721. The summed E-state index contributed by atoms with van der Waals surface area (Å²) in [6, 6.07) is 8.13. The quantitative estimate of drug-likeness (QED) is 0.477. The highest BCUT2D eigenvalue weighted by Crippen LogP contribution is 2.37. The van der Waals surface area contributed by atoms with Gasteiger partial charge in [-0.05, 0) is 36.8 Å². The Bertz CT molecular complexity index is 1120. The molecule has 1 aromatic carbocycles. The van der Waals surface area contributed by atoms with Gasteiger partial charge in [-0.1, -0.05) is 47.2 Å². The van der Waals surface area contributed by atoms with Crippen molar-refractivity contribution < 1.29 is 17.6 Å². The summed E-state index contributed by atoms with van der Waals surface area (Å²) in [6.07, 6.45) is 2.00. The number of carbonyl (C=O) groups excluding carboxylic acids is 1. The number of rotatable bonds is 3. The van der Waals surface area contributed by atoms with Crippen LogP contribution < -0.4 is 0 Å². The minimum Gasteiger partial charge on any atom is -0.457 e. The summed E-state index contributed by atoms with van der Waals surface area (Å²) in [5.41, 5.74) is 0.650. The highest BCUT2D eigenvalue weighted by atomic mass is 35.5. The average Bonchev–Trinajstić information content (AvgIpc) is 3.29. The van der Waals surface area contributed by atoms with Gasteiger partial charge in [0.05, 0.1) is 27.5 Å². The Labute approximate surface area is 181 Å². The fraction of sp³-hybridized carbons (Fsp3) is 0.222. The molecule has 2 aromatic rings. The number of nitrogens with zero attached hydrogens (tertiary/aromatic N) is 1. The predicted molar refractivity (Wildman–Crippen MR) is 116 cm³/mol. The van der Waals surface area contributed by atoms with E-state index in [1.54, 1.807) is 36.4 Å². The first-order chi connectivity index (χ1) is 13.2. The zero-order valence-electron chi connectivity index (χ0n) is 14.2. The van der Waals surface area contributed by atoms with Crippen LogP contribution in [0.1, 0.15) is 12.2 Å². The van der Waals surface area contributed by atoms with Gasteiger partial charge < -0.3 is 4.42 Å². The van der Waals surface area contributed by atoms with Crippen LogP contribution in [0.4, 0.5) is 0 Å². The van der Waals surface area contributed by atoms with Crippen molar-refractivity contribution in [2.75, 3.05) is 11.5 Å². The van der Waals surface area contributed by atoms with Crippen LogP contribution in [0.3, 0.4) is 0 Å². The maximum absolute atomic E-state index is 12.8. The Balaban J connectivity index is 1.59. The lowest BCUT2D eigenvalue weighted by molar-refractivity contribution is -0.123. The fourth-order valence-electron chi connectivity index (χ4n) is 3.16. The molecular weight excluding hydrogens is 461 g/mol. The molecule has 28 heavy (non-hydrogen) atoms. The largest absolute Gasteiger partial charge is 0.457 e. The van der Waals surface area contributed by atoms with E-state index in [0.29, 0.717) is 42.8 Å². The molecule has 0 spiro atoms. The van der Waals surface area contributed by atoms with Crippen LogP contribution in [-0.2, 0) is 14.6 Å². The molecule has 2 aliphatic rings. The van der Waals surface area contributed by atoms with Gasteiger partial charge >= 0.3 is 0 Å². The van der Waals surface area contributed by atoms with E-state index >= 15 is 0 Å². The van der Waals surface area contributed by atoms with Crippen LogP contribution in [0, 0.1) is 0 Å². The highest BCUT2D eigenvalue weighted by molar-refractivity contribution is 8.26. The van der Waals surface area contributed by atoms with Crippen molar-refractivity contribution >= 4 is 73.3 Å². The van der Waals surface area contributed by atoms with Gasteiger partial charge in [0.15, 0.2) is 9.84 Å². The number of hydrogen-bond donors (Lipinski definition) is 0. The van der Waals surface area contributed by atoms with Crippen LogP contribution in [0.15, 0.2) is 39.7 Å². The van der Waals surface area contributed by atoms with E-state index in [-0.39, 0.29) is 17.4 Å². The number of sulfone groups is 1. The molecule has 146 valence electrons. The number of benzene rings is 1. The fourth-order valence-corrected chi connectivity index (χ4v) is 6.63. The molecule has 0 N–H and O–H groups in total. The van der Waals surface area contributed by atoms with Crippen molar-refractivity contribution in [1.82, 2.24) is 4.90 Å². The van der Waals surface area contributed by atoms with Gasteiger partial charge in [-0.2, -0.15) is 0 Å². The van der Waals surface area contributed by atoms with E-state index in [0.717, 1.165) is 11.8 Å². The lowest BCUT2D eigenvalue weighted by Crippen LogP contribution is -2.39. The second kappa shape index (κ2) is 7.50. The third-order valence-corrected chi connectivity index (χ3v) is 8.14. The van der Waals surface area contributed by atoms with Crippen molar-refractivity contribution in [3.63, 3.8) is 0 Å². The van der Waals surface area contributed by atoms with E-state index in [9.17, 15) is 13.2 Å². The molecule has 1 amide bonds. The molecule has 2 aliphatic heterocycles.